The molecule has 1 rings (SSSR count). The Balaban J connectivity index is 2.94. The zero-order chi connectivity index (χ0) is 9.90. The van der Waals surface area contributed by atoms with E-state index in [2.05, 4.69) is 0 Å². The van der Waals surface area contributed by atoms with Crippen LogP contribution in [0.15, 0.2) is 34.1 Å². The lowest BCUT2D eigenvalue weighted by Gasteiger charge is -2.00. The van der Waals surface area contributed by atoms with Crippen LogP contribution in [-0.4, -0.2) is 14.2 Å². The van der Waals surface area contributed by atoms with Gasteiger partial charge in [-0.1, -0.05) is 6.92 Å². The van der Waals surface area contributed by atoms with Gasteiger partial charge >= 0.3 is 0 Å². The molecular weight excluding hydrogens is 206 g/mol. The number of hydrogen-bond donors (Lipinski definition) is 1. The molecule has 0 spiro atoms. The summed E-state index contributed by atoms with van der Waals surface area (Å²) in [4.78, 5) is 1.21. The third kappa shape index (κ3) is 3.02. The number of hydrogen-bond acceptors (Lipinski definition) is 3. The van der Waals surface area contributed by atoms with Crippen LogP contribution in [0.2, 0.25) is 0 Å². The molecule has 2 N–H and O–H groups in total. The first kappa shape index (κ1) is 10.6. The van der Waals surface area contributed by atoms with Crippen molar-refractivity contribution in [3.05, 3.63) is 24.3 Å². The average molecular weight is 217 g/mol. The topological polar surface area (TPSA) is 60.2 Å². The molecule has 0 aromatic heterocycles. The lowest BCUT2D eigenvalue weighted by atomic mass is 10.4. The van der Waals surface area contributed by atoms with E-state index in [1.165, 1.54) is 12.1 Å². The van der Waals surface area contributed by atoms with Crippen LogP contribution in [0.4, 0.5) is 0 Å². The van der Waals surface area contributed by atoms with E-state index in [1.54, 1.807) is 23.9 Å². The van der Waals surface area contributed by atoms with Crippen molar-refractivity contribution < 1.29 is 8.42 Å². The van der Waals surface area contributed by atoms with Gasteiger partial charge in [0, 0.05) is 4.90 Å². The molecule has 0 atom stereocenters. The maximum Gasteiger partial charge on any atom is 0.238 e. The summed E-state index contributed by atoms with van der Waals surface area (Å²) in [7, 11) is -3.54. The van der Waals surface area contributed by atoms with E-state index in [1.807, 2.05) is 6.92 Å². The van der Waals surface area contributed by atoms with Crippen LogP contribution < -0.4 is 5.14 Å². The first-order valence-electron chi connectivity index (χ1n) is 3.79. The zero-order valence-corrected chi connectivity index (χ0v) is 8.86. The van der Waals surface area contributed by atoms with Crippen molar-refractivity contribution in [1.29, 1.82) is 0 Å². The molecule has 1 aromatic rings. The third-order valence-corrected chi connectivity index (χ3v) is 3.29. The Kier molecular flexibility index (Phi) is 3.35. The van der Waals surface area contributed by atoms with Gasteiger partial charge in [-0.05, 0) is 30.0 Å². The predicted octanol–water partition coefficient (Wildman–Crippen LogP) is 1.45. The minimum Gasteiger partial charge on any atom is -0.225 e. The molecule has 0 bridgehead atoms. The average Bonchev–Trinajstić information content (AvgIpc) is 2.04. The van der Waals surface area contributed by atoms with Gasteiger partial charge < -0.3 is 0 Å². The molecule has 0 aliphatic heterocycles. The zero-order valence-electron chi connectivity index (χ0n) is 7.23. The maximum atomic E-state index is 10.9. The smallest absolute Gasteiger partial charge is 0.225 e. The molecule has 0 aliphatic carbocycles. The highest BCUT2D eigenvalue weighted by atomic mass is 32.2. The summed E-state index contributed by atoms with van der Waals surface area (Å²) >= 11 is 1.66. The van der Waals surface area contributed by atoms with Gasteiger partial charge in [0.05, 0.1) is 4.90 Å². The standard InChI is InChI=1S/C8H11NO2S2/c1-2-12-7-3-5-8(6-4-7)13(9,10)11/h3-6H,2H2,1H3,(H2,9,10,11). The summed E-state index contributed by atoms with van der Waals surface area (Å²) in [6, 6.07) is 6.56. The predicted molar refractivity (Wildman–Crippen MR) is 54.2 cm³/mol. The molecule has 0 radical (unpaired) electrons. The third-order valence-electron chi connectivity index (χ3n) is 1.46. The summed E-state index contributed by atoms with van der Waals surface area (Å²) in [6.07, 6.45) is 0. The second-order valence-electron chi connectivity index (χ2n) is 2.45. The molecule has 13 heavy (non-hydrogen) atoms. The molecule has 0 amide bonds. The van der Waals surface area contributed by atoms with Crippen molar-refractivity contribution in [2.75, 3.05) is 5.75 Å². The molecule has 0 heterocycles. The highest BCUT2D eigenvalue weighted by molar-refractivity contribution is 7.99. The minimum atomic E-state index is -3.54. The SMILES string of the molecule is CCSc1ccc(S(N)(=O)=O)cc1. The molecule has 0 aliphatic rings. The number of thioether (sulfide) groups is 1. The Bertz CT molecular complexity index is 370. The fourth-order valence-electron chi connectivity index (χ4n) is 0.892. The molecule has 0 fully saturated rings. The molecule has 0 saturated heterocycles. The Morgan fingerprint density at radius 3 is 2.23 bits per heavy atom. The summed E-state index contributed by atoms with van der Waals surface area (Å²) < 4.78 is 21.7. The highest BCUT2D eigenvalue weighted by Crippen LogP contribution is 2.18. The van der Waals surface area contributed by atoms with E-state index in [9.17, 15) is 8.42 Å². The number of nitrogens with two attached hydrogens (primary N) is 1. The van der Waals surface area contributed by atoms with Crippen LogP contribution in [0.5, 0.6) is 0 Å². The van der Waals surface area contributed by atoms with Crippen LogP contribution in [0.1, 0.15) is 6.92 Å². The van der Waals surface area contributed by atoms with Crippen LogP contribution in [-0.2, 0) is 10.0 Å². The number of benzene rings is 1. The van der Waals surface area contributed by atoms with Gasteiger partial charge in [0.25, 0.3) is 0 Å². The second-order valence-corrected chi connectivity index (χ2v) is 5.35. The Hall–Kier alpha value is -0.520. The number of primary sulfonamides is 1. The van der Waals surface area contributed by atoms with E-state index in [-0.39, 0.29) is 4.90 Å². The van der Waals surface area contributed by atoms with Crippen molar-refractivity contribution in [1.82, 2.24) is 0 Å². The summed E-state index contributed by atoms with van der Waals surface area (Å²) in [5.74, 6) is 0.967. The lowest BCUT2D eigenvalue weighted by Crippen LogP contribution is -2.11. The van der Waals surface area contributed by atoms with Crippen molar-refractivity contribution in [2.24, 2.45) is 5.14 Å². The highest BCUT2D eigenvalue weighted by Gasteiger charge is 2.05. The molecule has 1 aromatic carbocycles. The van der Waals surface area contributed by atoms with Crippen LogP contribution in [0, 0.1) is 0 Å². The van der Waals surface area contributed by atoms with E-state index >= 15 is 0 Å². The van der Waals surface area contributed by atoms with Crippen LogP contribution >= 0.6 is 11.8 Å². The number of sulfonamides is 1. The van der Waals surface area contributed by atoms with E-state index < -0.39 is 10.0 Å². The lowest BCUT2D eigenvalue weighted by molar-refractivity contribution is 0.597. The normalized spacial score (nSPS) is 11.5. The molecular formula is C8H11NO2S2. The summed E-state index contributed by atoms with van der Waals surface area (Å²) in [6.45, 7) is 2.04. The Labute approximate surface area is 82.4 Å². The fourth-order valence-corrected chi connectivity index (χ4v) is 2.07. The molecule has 0 saturated carbocycles. The van der Waals surface area contributed by atoms with Gasteiger partial charge in [0.2, 0.25) is 10.0 Å². The van der Waals surface area contributed by atoms with Gasteiger partial charge in [-0.3, -0.25) is 0 Å². The first-order chi connectivity index (χ1) is 6.04. The van der Waals surface area contributed by atoms with Crippen molar-refractivity contribution >= 4 is 21.8 Å². The monoisotopic (exact) mass is 217 g/mol. The minimum absolute atomic E-state index is 0.160. The van der Waals surface area contributed by atoms with E-state index in [4.69, 9.17) is 5.14 Å². The molecule has 72 valence electrons. The largest absolute Gasteiger partial charge is 0.238 e. The fraction of sp³-hybridized carbons (Fsp3) is 0.250. The van der Waals surface area contributed by atoms with Crippen molar-refractivity contribution in [3.63, 3.8) is 0 Å². The molecule has 5 heteroatoms. The quantitative estimate of drug-likeness (QED) is 0.779. The van der Waals surface area contributed by atoms with E-state index in [0.29, 0.717) is 0 Å². The Morgan fingerprint density at radius 1 is 1.31 bits per heavy atom. The molecule has 3 nitrogen and oxygen atoms in total. The summed E-state index contributed by atoms with van der Waals surface area (Å²) in [5, 5.41) is 4.95. The van der Waals surface area contributed by atoms with Gasteiger partial charge in [-0.15, -0.1) is 11.8 Å². The van der Waals surface area contributed by atoms with Gasteiger partial charge in [-0.2, -0.15) is 0 Å². The van der Waals surface area contributed by atoms with Gasteiger partial charge in [-0.25, -0.2) is 13.6 Å². The first-order valence-corrected chi connectivity index (χ1v) is 6.33. The Morgan fingerprint density at radius 2 is 1.85 bits per heavy atom. The van der Waals surface area contributed by atoms with Gasteiger partial charge in [0.1, 0.15) is 0 Å². The van der Waals surface area contributed by atoms with Crippen LogP contribution in [0.25, 0.3) is 0 Å². The second kappa shape index (κ2) is 4.13. The molecule has 0 unspecified atom stereocenters. The van der Waals surface area contributed by atoms with E-state index in [0.717, 1.165) is 10.6 Å². The van der Waals surface area contributed by atoms with Crippen LogP contribution in [0.3, 0.4) is 0 Å². The van der Waals surface area contributed by atoms with Crippen molar-refractivity contribution in [2.45, 2.75) is 16.7 Å². The summed E-state index contributed by atoms with van der Waals surface area (Å²) in [5.41, 5.74) is 0. The maximum absolute atomic E-state index is 10.9. The number of rotatable bonds is 3. The van der Waals surface area contributed by atoms with Crippen molar-refractivity contribution in [3.8, 4) is 0 Å². The van der Waals surface area contributed by atoms with Gasteiger partial charge in [0.15, 0.2) is 0 Å².